The molecular weight excluding hydrogens is 698 g/mol. The van der Waals surface area contributed by atoms with E-state index < -0.39 is 62.0 Å². The maximum Gasteiger partial charge on any atom is 0.274 e. The number of fused-ring (bicyclic) bond motifs is 3. The van der Waals surface area contributed by atoms with Crippen LogP contribution in [0.1, 0.15) is 64.7 Å². The normalized spacial score (nSPS) is 28.3. The third-order valence-electron chi connectivity index (χ3n) is 10.5. The van der Waals surface area contributed by atoms with Gasteiger partial charge in [-0.25, -0.2) is 17.8 Å². The van der Waals surface area contributed by atoms with Crippen molar-refractivity contribution in [3.05, 3.63) is 60.4 Å². The zero-order valence-corrected chi connectivity index (χ0v) is 30.2. The van der Waals surface area contributed by atoms with Gasteiger partial charge in [0.15, 0.2) is 0 Å². The number of hydrogen-bond acceptors (Lipinski definition) is 10. The Kier molecular flexibility index (Phi) is 9.46. The molecule has 3 heterocycles. The maximum absolute atomic E-state index is 14.5. The van der Waals surface area contributed by atoms with Crippen molar-refractivity contribution < 1.29 is 36.7 Å². The quantitative estimate of drug-likeness (QED) is 0.280. The molecule has 3 amide bonds. The first-order chi connectivity index (χ1) is 24.4. The summed E-state index contributed by atoms with van der Waals surface area (Å²) in [6.45, 7) is 1.66. The van der Waals surface area contributed by atoms with Gasteiger partial charge in [-0.2, -0.15) is 0 Å². The highest BCUT2D eigenvalue weighted by molar-refractivity contribution is 7.91. The van der Waals surface area contributed by atoms with E-state index in [9.17, 15) is 27.2 Å². The molecule has 3 aromatic rings. The van der Waals surface area contributed by atoms with Crippen LogP contribution >= 0.6 is 11.3 Å². The fourth-order valence-corrected chi connectivity index (χ4v) is 9.15. The number of allylic oxidation sites excluding steroid dienone is 1. The van der Waals surface area contributed by atoms with E-state index in [1.165, 1.54) is 28.4 Å². The molecule has 272 valence electrons. The molecule has 7 rings (SSSR count). The Balaban J connectivity index is 1.18. The van der Waals surface area contributed by atoms with Crippen LogP contribution < -0.4 is 24.8 Å². The van der Waals surface area contributed by atoms with E-state index in [4.69, 9.17) is 9.47 Å². The van der Waals surface area contributed by atoms with E-state index in [1.807, 2.05) is 24.3 Å². The highest BCUT2D eigenvalue weighted by Crippen LogP contribution is 2.47. The molecule has 0 spiro atoms. The van der Waals surface area contributed by atoms with Crippen molar-refractivity contribution in [3.63, 3.8) is 0 Å². The van der Waals surface area contributed by atoms with Gasteiger partial charge in [0.2, 0.25) is 21.8 Å². The van der Waals surface area contributed by atoms with Crippen LogP contribution in [0.25, 0.3) is 10.2 Å². The second kappa shape index (κ2) is 13.7. The van der Waals surface area contributed by atoms with E-state index in [2.05, 4.69) is 20.3 Å². The summed E-state index contributed by atoms with van der Waals surface area (Å²) in [7, 11) is -2.38. The van der Waals surface area contributed by atoms with Crippen LogP contribution in [-0.4, -0.2) is 78.2 Å². The second-order valence-electron chi connectivity index (χ2n) is 14.2. The second-order valence-corrected chi connectivity index (χ2v) is 17.4. The third-order valence-corrected chi connectivity index (χ3v) is 13.6. The first-order valence-corrected chi connectivity index (χ1v) is 19.7. The van der Waals surface area contributed by atoms with E-state index in [-0.39, 0.29) is 25.3 Å². The summed E-state index contributed by atoms with van der Waals surface area (Å²) >= 11 is 1.32. The summed E-state index contributed by atoms with van der Waals surface area (Å²) in [5.74, 6) is -1.90. The molecule has 0 unspecified atom stereocenters. The third kappa shape index (κ3) is 7.27. The fraction of sp³-hybridized carbons (Fsp3) is 0.500. The average molecular weight is 740 g/mol. The van der Waals surface area contributed by atoms with Crippen LogP contribution in [0.4, 0.5) is 10.1 Å². The Bertz CT molecular complexity index is 1980. The number of ether oxygens (including phenoxy) is 2. The fourth-order valence-electron chi connectivity index (χ4n) is 6.93. The molecule has 3 N–H and O–H groups in total. The Morgan fingerprint density at radius 2 is 1.96 bits per heavy atom. The number of sulfonamides is 1. The monoisotopic (exact) mass is 739 g/mol. The molecule has 15 heteroatoms. The van der Waals surface area contributed by atoms with Crippen molar-refractivity contribution in [2.24, 2.45) is 5.92 Å². The summed E-state index contributed by atoms with van der Waals surface area (Å²) in [5.41, 5.74) is -0.327. The minimum absolute atomic E-state index is 0.0623. The highest BCUT2D eigenvalue weighted by Gasteiger charge is 2.63. The van der Waals surface area contributed by atoms with Crippen molar-refractivity contribution in [2.45, 2.75) is 93.2 Å². The predicted molar refractivity (Wildman–Crippen MR) is 190 cm³/mol. The summed E-state index contributed by atoms with van der Waals surface area (Å²) in [4.78, 5) is 48.6. The van der Waals surface area contributed by atoms with E-state index in [1.54, 1.807) is 32.2 Å². The molecule has 5 atom stereocenters. The van der Waals surface area contributed by atoms with E-state index >= 15 is 0 Å². The molecular formula is C36H42FN5O7S2. The van der Waals surface area contributed by atoms with Crippen LogP contribution in [0.2, 0.25) is 0 Å². The minimum atomic E-state index is -3.96. The van der Waals surface area contributed by atoms with Gasteiger partial charge in [-0.3, -0.25) is 19.1 Å². The maximum atomic E-state index is 14.5. The van der Waals surface area contributed by atoms with Crippen LogP contribution in [0.15, 0.2) is 54.6 Å². The van der Waals surface area contributed by atoms with Crippen LogP contribution in [0.5, 0.6) is 10.9 Å². The molecule has 2 aromatic carbocycles. The lowest BCUT2D eigenvalue weighted by Gasteiger charge is -2.30. The summed E-state index contributed by atoms with van der Waals surface area (Å²) in [6, 6.07) is 9.56. The molecule has 1 aromatic heterocycles. The Morgan fingerprint density at radius 3 is 2.73 bits per heavy atom. The molecule has 2 aliphatic heterocycles. The van der Waals surface area contributed by atoms with Gasteiger partial charge in [0, 0.05) is 18.0 Å². The Hall–Kier alpha value is -4.24. The van der Waals surface area contributed by atoms with E-state index in [0.29, 0.717) is 47.8 Å². The topological polar surface area (TPSA) is 156 Å². The van der Waals surface area contributed by atoms with Gasteiger partial charge in [0.05, 0.1) is 28.6 Å². The minimum Gasteiger partial charge on any atom is -0.497 e. The van der Waals surface area contributed by atoms with Crippen molar-refractivity contribution in [1.29, 1.82) is 0 Å². The first-order valence-electron chi connectivity index (χ1n) is 17.4. The van der Waals surface area contributed by atoms with Gasteiger partial charge >= 0.3 is 0 Å². The zero-order chi connectivity index (χ0) is 36.0. The number of rotatable bonds is 8. The lowest BCUT2D eigenvalue weighted by Crippen LogP contribution is -2.58. The van der Waals surface area contributed by atoms with E-state index in [0.717, 1.165) is 24.0 Å². The van der Waals surface area contributed by atoms with Gasteiger partial charge in [-0.1, -0.05) is 42.4 Å². The zero-order valence-electron chi connectivity index (χ0n) is 28.5. The van der Waals surface area contributed by atoms with Crippen LogP contribution in [-0.2, 0) is 24.4 Å². The molecule has 12 nitrogen and oxygen atoms in total. The number of benzene rings is 2. The molecule has 1 saturated heterocycles. The number of amides is 3. The Morgan fingerprint density at radius 1 is 1.14 bits per heavy atom. The molecule has 51 heavy (non-hydrogen) atoms. The number of carbonyl (C=O) groups is 3. The number of carbonyl (C=O) groups excluding carboxylic acids is 3. The van der Waals surface area contributed by atoms with Crippen molar-refractivity contribution in [3.8, 4) is 10.9 Å². The van der Waals surface area contributed by atoms with Gasteiger partial charge in [-0.15, -0.1) is 0 Å². The van der Waals surface area contributed by atoms with Crippen LogP contribution in [0, 0.1) is 11.7 Å². The number of hydrogen-bond donors (Lipinski definition) is 3. The predicted octanol–water partition coefficient (Wildman–Crippen LogP) is 4.67. The van der Waals surface area contributed by atoms with Gasteiger partial charge in [0.25, 0.3) is 11.1 Å². The van der Waals surface area contributed by atoms with Crippen molar-refractivity contribution in [1.82, 2.24) is 19.9 Å². The summed E-state index contributed by atoms with van der Waals surface area (Å²) < 4.78 is 54.1. The van der Waals surface area contributed by atoms with Crippen LogP contribution in [0.3, 0.4) is 0 Å². The smallest absolute Gasteiger partial charge is 0.274 e. The van der Waals surface area contributed by atoms with Gasteiger partial charge in [0.1, 0.15) is 35.3 Å². The molecule has 0 radical (unpaired) electrons. The van der Waals surface area contributed by atoms with Gasteiger partial charge in [-0.05, 0) is 81.8 Å². The largest absolute Gasteiger partial charge is 0.497 e. The number of halogens is 1. The van der Waals surface area contributed by atoms with Crippen molar-refractivity contribution >= 4 is 55.0 Å². The number of aromatic nitrogens is 1. The first kappa shape index (κ1) is 35.2. The Labute approximate surface area is 300 Å². The number of nitrogens with one attached hydrogen (secondary N) is 3. The number of thiazole rings is 1. The lowest BCUT2D eigenvalue weighted by molar-refractivity contribution is -0.140. The number of methoxy groups -OCH3 is 1. The SMILES string of the molecule is COc1ccc2nc(O[C@@H]3C[C@H]4C(=O)N[C@]5(C(=O)NS(=O)(=O)C6(C)CC6)C[C@H]5/C=C\CCCCC[C@H](Nc5cccc(F)c5)C(=O)N4C3)sc2c1. The molecule has 2 aliphatic carbocycles. The number of nitrogens with zero attached hydrogens (tertiary/aromatic N) is 2. The van der Waals surface area contributed by atoms with Gasteiger partial charge < -0.3 is 25.0 Å². The highest BCUT2D eigenvalue weighted by atomic mass is 32.2. The molecule has 2 saturated carbocycles. The standard InChI is InChI=1S/C36H42FN5O7S2/c1-35(15-16-35)51(46,47)41-33(45)36-20-22(36)9-6-4-3-5-7-12-28(38-24-11-8-10-23(37)17-24)32(44)42-21-26(18-29(42)31(43)40-36)49-34-39-27-14-13-25(48-2)19-30(27)50-34/h6,8-11,13-14,17,19,22,26,28-29,38H,3-5,7,12,15-16,18,20-21H2,1-2H3,(H,40,43)(H,41,45)/b9-6-/t22-,26-,28+,29+,36-/m1/s1. The lowest BCUT2D eigenvalue weighted by atomic mass is 10.0. The average Bonchev–Trinajstić information content (AvgIpc) is 3.91. The molecule has 4 aliphatic rings. The number of anilines is 1. The molecule has 0 bridgehead atoms. The summed E-state index contributed by atoms with van der Waals surface area (Å²) in [6.07, 6.45) is 8.00. The van der Waals surface area contributed by atoms with Crippen molar-refractivity contribution in [2.75, 3.05) is 19.0 Å². The summed E-state index contributed by atoms with van der Waals surface area (Å²) in [5, 5.41) is 6.47. The molecule has 3 fully saturated rings.